The van der Waals surface area contributed by atoms with Crippen LogP contribution >= 0.6 is 0 Å². The SMILES string of the molecule is CCCCOC(=O)[C@@H](N)Cc1ccc(OC(=O)N(C)C)cc1. The summed E-state index contributed by atoms with van der Waals surface area (Å²) in [5.41, 5.74) is 6.70. The van der Waals surface area contributed by atoms with Crippen LogP contribution in [0.25, 0.3) is 0 Å². The fourth-order valence-electron chi connectivity index (χ4n) is 1.65. The highest BCUT2D eigenvalue weighted by Gasteiger charge is 2.15. The molecule has 0 spiro atoms. The van der Waals surface area contributed by atoms with Gasteiger partial charge < -0.3 is 20.1 Å². The normalized spacial score (nSPS) is 11.6. The van der Waals surface area contributed by atoms with E-state index in [4.69, 9.17) is 15.2 Å². The van der Waals surface area contributed by atoms with Crippen molar-refractivity contribution in [3.05, 3.63) is 29.8 Å². The molecule has 22 heavy (non-hydrogen) atoms. The first-order valence-corrected chi connectivity index (χ1v) is 7.34. The van der Waals surface area contributed by atoms with Crippen molar-refractivity contribution < 1.29 is 19.1 Å². The molecule has 0 heterocycles. The number of unbranched alkanes of at least 4 members (excludes halogenated alkanes) is 1. The fraction of sp³-hybridized carbons (Fsp3) is 0.500. The molecule has 0 saturated heterocycles. The van der Waals surface area contributed by atoms with E-state index in [1.807, 2.05) is 6.92 Å². The highest BCUT2D eigenvalue weighted by molar-refractivity contribution is 5.76. The number of rotatable bonds is 7. The largest absolute Gasteiger partial charge is 0.465 e. The van der Waals surface area contributed by atoms with Gasteiger partial charge in [-0.05, 0) is 30.5 Å². The molecule has 1 aromatic carbocycles. The van der Waals surface area contributed by atoms with E-state index in [0.29, 0.717) is 18.8 Å². The van der Waals surface area contributed by atoms with Gasteiger partial charge in [0, 0.05) is 14.1 Å². The predicted molar refractivity (Wildman–Crippen MR) is 83.7 cm³/mol. The number of nitrogens with zero attached hydrogens (tertiary/aromatic N) is 1. The minimum Gasteiger partial charge on any atom is -0.465 e. The second-order valence-electron chi connectivity index (χ2n) is 5.24. The van der Waals surface area contributed by atoms with Crippen LogP contribution in [0.5, 0.6) is 5.75 Å². The standard InChI is InChI=1S/C16H24N2O4/c1-4-5-10-21-15(19)14(17)11-12-6-8-13(9-7-12)22-16(20)18(2)3/h6-9,14H,4-5,10-11,17H2,1-3H3/t14-/m0/s1. The zero-order valence-electron chi connectivity index (χ0n) is 13.4. The number of hydrogen-bond donors (Lipinski definition) is 1. The molecule has 0 aliphatic rings. The van der Waals surface area contributed by atoms with Crippen LogP contribution < -0.4 is 10.5 Å². The molecule has 0 aliphatic carbocycles. The molecular weight excluding hydrogens is 284 g/mol. The minimum atomic E-state index is -0.688. The van der Waals surface area contributed by atoms with Gasteiger partial charge in [0.2, 0.25) is 0 Å². The minimum absolute atomic E-state index is 0.382. The van der Waals surface area contributed by atoms with Crippen molar-refractivity contribution in [2.45, 2.75) is 32.2 Å². The molecule has 1 rings (SSSR count). The first-order valence-electron chi connectivity index (χ1n) is 7.34. The molecule has 1 aromatic rings. The first-order chi connectivity index (χ1) is 10.4. The van der Waals surface area contributed by atoms with Crippen molar-refractivity contribution in [3.8, 4) is 5.75 Å². The van der Waals surface area contributed by atoms with Gasteiger partial charge >= 0.3 is 12.1 Å². The van der Waals surface area contributed by atoms with Gasteiger partial charge in [0.15, 0.2) is 0 Å². The number of nitrogens with two attached hydrogens (primary N) is 1. The van der Waals surface area contributed by atoms with Gasteiger partial charge in [0.1, 0.15) is 11.8 Å². The van der Waals surface area contributed by atoms with E-state index in [0.717, 1.165) is 18.4 Å². The average Bonchev–Trinajstić information content (AvgIpc) is 2.49. The van der Waals surface area contributed by atoms with Crippen LogP contribution in [0.1, 0.15) is 25.3 Å². The maximum absolute atomic E-state index is 11.7. The fourth-order valence-corrected chi connectivity index (χ4v) is 1.65. The average molecular weight is 308 g/mol. The van der Waals surface area contributed by atoms with E-state index in [9.17, 15) is 9.59 Å². The lowest BCUT2D eigenvalue weighted by Crippen LogP contribution is -2.34. The zero-order valence-corrected chi connectivity index (χ0v) is 13.4. The van der Waals surface area contributed by atoms with Gasteiger partial charge in [-0.2, -0.15) is 0 Å². The number of esters is 1. The first kappa shape index (κ1) is 18.0. The second kappa shape index (κ2) is 9.04. The van der Waals surface area contributed by atoms with Crippen LogP contribution in [-0.2, 0) is 16.0 Å². The van der Waals surface area contributed by atoms with Crippen LogP contribution in [0.3, 0.4) is 0 Å². The van der Waals surface area contributed by atoms with Gasteiger partial charge in [-0.3, -0.25) is 4.79 Å². The second-order valence-corrected chi connectivity index (χ2v) is 5.24. The Morgan fingerprint density at radius 1 is 1.23 bits per heavy atom. The molecule has 1 atom stereocenters. The topological polar surface area (TPSA) is 81.9 Å². The molecule has 0 saturated carbocycles. The molecule has 0 aromatic heterocycles. The molecule has 122 valence electrons. The smallest absolute Gasteiger partial charge is 0.414 e. The Bertz CT molecular complexity index is 485. The molecule has 0 bridgehead atoms. The summed E-state index contributed by atoms with van der Waals surface area (Å²) in [7, 11) is 3.22. The van der Waals surface area contributed by atoms with Crippen LogP contribution in [0, 0.1) is 0 Å². The zero-order chi connectivity index (χ0) is 16.5. The van der Waals surface area contributed by atoms with Gasteiger partial charge in [0.25, 0.3) is 0 Å². The molecule has 1 amide bonds. The molecular formula is C16H24N2O4. The molecule has 6 heteroatoms. The van der Waals surface area contributed by atoms with Crippen LogP contribution in [-0.4, -0.2) is 43.7 Å². The monoisotopic (exact) mass is 308 g/mol. The molecule has 0 fully saturated rings. The third-order valence-corrected chi connectivity index (χ3v) is 2.99. The Morgan fingerprint density at radius 3 is 2.41 bits per heavy atom. The number of hydrogen-bond acceptors (Lipinski definition) is 5. The lowest BCUT2D eigenvalue weighted by molar-refractivity contribution is -0.145. The molecule has 2 N–H and O–H groups in total. The Morgan fingerprint density at radius 2 is 1.86 bits per heavy atom. The third-order valence-electron chi connectivity index (χ3n) is 2.99. The predicted octanol–water partition coefficient (Wildman–Crippen LogP) is 1.96. The van der Waals surface area contributed by atoms with Crippen molar-refractivity contribution in [2.24, 2.45) is 5.73 Å². The van der Waals surface area contributed by atoms with Crippen molar-refractivity contribution in [1.29, 1.82) is 0 Å². The van der Waals surface area contributed by atoms with Gasteiger partial charge in [-0.15, -0.1) is 0 Å². The number of carbonyl (C=O) groups is 2. The summed E-state index contributed by atoms with van der Waals surface area (Å²) >= 11 is 0. The van der Waals surface area contributed by atoms with E-state index in [1.54, 1.807) is 38.4 Å². The molecule has 0 unspecified atom stereocenters. The highest BCUT2D eigenvalue weighted by atomic mass is 16.6. The Kier molecular flexibility index (Phi) is 7.39. The van der Waals surface area contributed by atoms with Crippen molar-refractivity contribution in [2.75, 3.05) is 20.7 Å². The van der Waals surface area contributed by atoms with Crippen LogP contribution in [0.4, 0.5) is 4.79 Å². The van der Waals surface area contributed by atoms with Gasteiger partial charge in [-0.1, -0.05) is 25.5 Å². The van der Waals surface area contributed by atoms with Crippen LogP contribution in [0.15, 0.2) is 24.3 Å². The summed E-state index contributed by atoms with van der Waals surface area (Å²) in [5.74, 6) is 0.0538. The maximum Gasteiger partial charge on any atom is 0.414 e. The van der Waals surface area contributed by atoms with Crippen molar-refractivity contribution in [3.63, 3.8) is 0 Å². The van der Waals surface area contributed by atoms with E-state index < -0.39 is 18.1 Å². The van der Waals surface area contributed by atoms with E-state index in [1.165, 1.54) is 4.90 Å². The maximum atomic E-state index is 11.7. The Hall–Kier alpha value is -2.08. The Labute approximate surface area is 131 Å². The van der Waals surface area contributed by atoms with E-state index in [-0.39, 0.29) is 0 Å². The summed E-state index contributed by atoms with van der Waals surface area (Å²) in [4.78, 5) is 24.4. The Balaban J connectivity index is 2.49. The number of carbonyl (C=O) groups excluding carboxylic acids is 2. The quantitative estimate of drug-likeness (QED) is 0.615. The van der Waals surface area contributed by atoms with E-state index in [2.05, 4.69) is 0 Å². The lowest BCUT2D eigenvalue weighted by atomic mass is 10.1. The lowest BCUT2D eigenvalue weighted by Gasteiger charge is -2.13. The summed E-state index contributed by atoms with van der Waals surface area (Å²) in [6.45, 7) is 2.43. The van der Waals surface area contributed by atoms with Crippen molar-refractivity contribution >= 4 is 12.1 Å². The van der Waals surface area contributed by atoms with E-state index >= 15 is 0 Å². The van der Waals surface area contributed by atoms with Gasteiger partial charge in [0.05, 0.1) is 6.61 Å². The summed E-state index contributed by atoms with van der Waals surface area (Å²) < 4.78 is 10.2. The van der Waals surface area contributed by atoms with Crippen LogP contribution in [0.2, 0.25) is 0 Å². The van der Waals surface area contributed by atoms with Gasteiger partial charge in [-0.25, -0.2) is 4.79 Å². The number of benzene rings is 1. The molecule has 0 radical (unpaired) electrons. The summed E-state index contributed by atoms with van der Waals surface area (Å²) in [6, 6.07) is 6.21. The summed E-state index contributed by atoms with van der Waals surface area (Å²) in [6.07, 6.45) is 1.75. The highest BCUT2D eigenvalue weighted by Crippen LogP contribution is 2.14. The number of ether oxygens (including phenoxy) is 2. The summed E-state index contributed by atoms with van der Waals surface area (Å²) in [5, 5.41) is 0. The number of amides is 1. The van der Waals surface area contributed by atoms with Crippen molar-refractivity contribution in [1.82, 2.24) is 4.90 Å². The third kappa shape index (κ3) is 6.13. The molecule has 0 aliphatic heterocycles. The molecule has 6 nitrogen and oxygen atoms in total.